The summed E-state index contributed by atoms with van der Waals surface area (Å²) >= 11 is 0. The summed E-state index contributed by atoms with van der Waals surface area (Å²) in [6.07, 6.45) is 0. The van der Waals surface area contributed by atoms with Gasteiger partial charge < -0.3 is 9.47 Å². The molecular formula is C63H46N2. The molecule has 2 nitrogen and oxygen atoms in total. The third kappa shape index (κ3) is 6.57. The number of hydrogen-bond donors (Lipinski definition) is 0. The highest BCUT2D eigenvalue weighted by Gasteiger charge is 2.35. The van der Waals surface area contributed by atoms with E-state index in [2.05, 4.69) is 266 Å². The highest BCUT2D eigenvalue weighted by molar-refractivity contribution is 6.11. The van der Waals surface area contributed by atoms with Crippen molar-refractivity contribution in [3.05, 3.63) is 254 Å². The second-order valence-electron chi connectivity index (χ2n) is 17.7. The molecule has 0 fully saturated rings. The van der Waals surface area contributed by atoms with Crippen LogP contribution in [0.5, 0.6) is 0 Å². The number of aromatic nitrogens is 1. The van der Waals surface area contributed by atoms with Crippen molar-refractivity contribution in [2.75, 3.05) is 4.90 Å². The van der Waals surface area contributed by atoms with Gasteiger partial charge in [0.1, 0.15) is 0 Å². The number of nitrogens with zero attached hydrogens (tertiary/aromatic N) is 2. The van der Waals surface area contributed by atoms with Crippen molar-refractivity contribution < 1.29 is 0 Å². The molecule has 1 aliphatic carbocycles. The topological polar surface area (TPSA) is 8.17 Å². The van der Waals surface area contributed by atoms with Crippen LogP contribution in [0.25, 0.3) is 83.1 Å². The van der Waals surface area contributed by atoms with Gasteiger partial charge in [-0.15, -0.1) is 0 Å². The summed E-state index contributed by atoms with van der Waals surface area (Å²) in [4.78, 5) is 2.41. The van der Waals surface area contributed by atoms with Gasteiger partial charge in [-0.1, -0.05) is 190 Å². The third-order valence-electron chi connectivity index (χ3n) is 13.6. The summed E-state index contributed by atoms with van der Waals surface area (Å²) in [6, 6.07) is 88.8. The number of fused-ring (bicyclic) bond motifs is 6. The van der Waals surface area contributed by atoms with Crippen molar-refractivity contribution in [2.45, 2.75) is 19.3 Å². The number of para-hydroxylation sites is 2. The van der Waals surface area contributed by atoms with Crippen molar-refractivity contribution in [3.63, 3.8) is 0 Å². The van der Waals surface area contributed by atoms with E-state index >= 15 is 0 Å². The summed E-state index contributed by atoms with van der Waals surface area (Å²) in [5.74, 6) is 0. The van der Waals surface area contributed by atoms with E-state index in [4.69, 9.17) is 0 Å². The Morgan fingerprint density at radius 3 is 1.54 bits per heavy atom. The molecule has 1 aliphatic rings. The van der Waals surface area contributed by atoms with Crippen LogP contribution < -0.4 is 4.90 Å². The fourth-order valence-corrected chi connectivity index (χ4v) is 10.3. The zero-order valence-corrected chi connectivity index (χ0v) is 36.5. The maximum Gasteiger partial charge on any atom is 0.0541 e. The molecule has 0 aliphatic heterocycles. The van der Waals surface area contributed by atoms with Crippen LogP contribution in [0.2, 0.25) is 0 Å². The molecule has 0 saturated heterocycles. The van der Waals surface area contributed by atoms with Crippen LogP contribution in [0.1, 0.15) is 25.0 Å². The molecule has 0 radical (unpaired) electrons. The molecule has 12 rings (SSSR count). The summed E-state index contributed by atoms with van der Waals surface area (Å²) < 4.78 is 2.45. The first kappa shape index (κ1) is 38.5. The predicted molar refractivity (Wildman–Crippen MR) is 275 cm³/mol. The molecular weight excluding hydrogens is 785 g/mol. The Morgan fingerprint density at radius 1 is 0.308 bits per heavy atom. The van der Waals surface area contributed by atoms with E-state index in [-0.39, 0.29) is 5.41 Å². The van der Waals surface area contributed by atoms with Gasteiger partial charge in [0.2, 0.25) is 0 Å². The zero-order valence-electron chi connectivity index (χ0n) is 36.5. The third-order valence-corrected chi connectivity index (χ3v) is 13.6. The van der Waals surface area contributed by atoms with Crippen LogP contribution in [0.15, 0.2) is 243 Å². The van der Waals surface area contributed by atoms with Gasteiger partial charge in [-0.05, 0) is 128 Å². The number of benzene rings is 10. The van der Waals surface area contributed by atoms with Crippen molar-refractivity contribution in [1.82, 2.24) is 4.57 Å². The smallest absolute Gasteiger partial charge is 0.0541 e. The van der Waals surface area contributed by atoms with Crippen LogP contribution in [0, 0.1) is 0 Å². The fourth-order valence-electron chi connectivity index (χ4n) is 10.3. The van der Waals surface area contributed by atoms with Gasteiger partial charge in [-0.2, -0.15) is 0 Å². The molecule has 0 saturated carbocycles. The molecule has 1 heterocycles. The van der Waals surface area contributed by atoms with E-state index in [1.807, 2.05) is 0 Å². The molecule has 0 atom stereocenters. The second-order valence-corrected chi connectivity index (χ2v) is 17.7. The number of rotatable bonds is 8. The Kier molecular flexibility index (Phi) is 9.21. The minimum absolute atomic E-state index is 0.111. The minimum atomic E-state index is -0.111. The molecule has 2 heteroatoms. The first-order chi connectivity index (χ1) is 32.0. The van der Waals surface area contributed by atoms with E-state index in [1.165, 1.54) is 83.0 Å². The molecule has 11 aromatic rings. The van der Waals surface area contributed by atoms with E-state index < -0.39 is 0 Å². The normalized spacial score (nSPS) is 12.6. The Labute approximate surface area is 381 Å². The average Bonchev–Trinajstić information content (AvgIpc) is 3.82. The maximum absolute atomic E-state index is 2.45. The Morgan fingerprint density at radius 2 is 0.800 bits per heavy atom. The highest BCUT2D eigenvalue weighted by Crippen LogP contribution is 2.51. The second kappa shape index (κ2) is 15.6. The van der Waals surface area contributed by atoms with Crippen LogP contribution in [-0.2, 0) is 5.41 Å². The predicted octanol–water partition coefficient (Wildman–Crippen LogP) is 17.2. The van der Waals surface area contributed by atoms with E-state index in [0.29, 0.717) is 0 Å². The highest BCUT2D eigenvalue weighted by atomic mass is 15.1. The van der Waals surface area contributed by atoms with Crippen molar-refractivity contribution >= 4 is 38.9 Å². The Hall–Kier alpha value is -8.20. The molecule has 0 amide bonds. The summed E-state index contributed by atoms with van der Waals surface area (Å²) in [5, 5.41) is 2.48. The van der Waals surface area contributed by atoms with Crippen LogP contribution >= 0.6 is 0 Å². The number of anilines is 3. The molecule has 10 aromatic carbocycles. The first-order valence-electron chi connectivity index (χ1n) is 22.6. The van der Waals surface area contributed by atoms with E-state index in [0.717, 1.165) is 28.3 Å². The first-order valence-corrected chi connectivity index (χ1v) is 22.6. The summed E-state index contributed by atoms with van der Waals surface area (Å²) in [5.41, 5.74) is 21.8. The van der Waals surface area contributed by atoms with Gasteiger partial charge in [0.15, 0.2) is 0 Å². The minimum Gasteiger partial charge on any atom is -0.310 e. The summed E-state index contributed by atoms with van der Waals surface area (Å²) in [7, 11) is 0. The SMILES string of the molecule is CC1(C)c2ccccc2-c2ccc(N(c3ccc(-c4ccccc4)cc3)c3ccc(-c4ccccc4-n4c5ccccc5c5cc(-c6cccc(-c7ccccc7)c6)ccc54)cc3)cc21. The van der Waals surface area contributed by atoms with E-state index in [9.17, 15) is 0 Å². The molecule has 0 bridgehead atoms. The fraction of sp³-hybridized carbons (Fsp3) is 0.0476. The standard InChI is InChI=1S/C63H46N2/c1-63(2)58-25-12-9-23-54(58)55-38-37-52(42-59(55)63)64(50-33-28-45(29-34-50)43-16-5-3-6-17-43)51-35-30-46(31-36-51)53-22-10-13-26-60(53)65-61-27-14-11-24-56(61)57-41-49(32-39-62(57)65)48-21-15-20-47(40-48)44-18-7-4-8-19-44/h3-42H,1-2H3. The lowest BCUT2D eigenvalue weighted by atomic mass is 9.82. The van der Waals surface area contributed by atoms with Crippen molar-refractivity contribution in [3.8, 4) is 61.3 Å². The van der Waals surface area contributed by atoms with Crippen LogP contribution in [0.4, 0.5) is 17.1 Å². The number of hydrogen-bond acceptors (Lipinski definition) is 1. The Balaban J connectivity index is 0.948. The quantitative estimate of drug-likeness (QED) is 0.148. The van der Waals surface area contributed by atoms with Crippen LogP contribution in [0.3, 0.4) is 0 Å². The van der Waals surface area contributed by atoms with Gasteiger partial charge in [0.05, 0.1) is 16.7 Å². The van der Waals surface area contributed by atoms with Gasteiger partial charge in [-0.3, -0.25) is 0 Å². The van der Waals surface area contributed by atoms with Crippen molar-refractivity contribution in [2.24, 2.45) is 0 Å². The van der Waals surface area contributed by atoms with Gasteiger partial charge in [0, 0.05) is 38.8 Å². The molecule has 1 aromatic heterocycles. The molecule has 308 valence electrons. The maximum atomic E-state index is 2.45. The monoisotopic (exact) mass is 830 g/mol. The van der Waals surface area contributed by atoms with E-state index in [1.54, 1.807) is 0 Å². The molecule has 65 heavy (non-hydrogen) atoms. The van der Waals surface area contributed by atoms with Crippen LogP contribution in [-0.4, -0.2) is 4.57 Å². The molecule has 0 spiro atoms. The average molecular weight is 831 g/mol. The van der Waals surface area contributed by atoms with Crippen molar-refractivity contribution in [1.29, 1.82) is 0 Å². The van der Waals surface area contributed by atoms with Gasteiger partial charge in [0.25, 0.3) is 0 Å². The van der Waals surface area contributed by atoms with Gasteiger partial charge >= 0.3 is 0 Å². The lowest BCUT2D eigenvalue weighted by Gasteiger charge is -2.28. The molecule has 0 unspecified atom stereocenters. The summed E-state index contributed by atoms with van der Waals surface area (Å²) in [6.45, 7) is 4.71. The zero-order chi connectivity index (χ0) is 43.5. The molecule has 0 N–H and O–H groups in total. The Bertz CT molecular complexity index is 3540. The van der Waals surface area contributed by atoms with Gasteiger partial charge in [-0.25, -0.2) is 0 Å². The lowest BCUT2D eigenvalue weighted by Crippen LogP contribution is -2.16. The largest absolute Gasteiger partial charge is 0.310 e. The lowest BCUT2D eigenvalue weighted by molar-refractivity contribution is 0.660.